The van der Waals surface area contributed by atoms with Crippen LogP contribution in [0.4, 0.5) is 0 Å². The van der Waals surface area contributed by atoms with Crippen molar-refractivity contribution < 1.29 is 9.90 Å². The van der Waals surface area contributed by atoms with Gasteiger partial charge in [0.15, 0.2) is 0 Å². The number of hydrogen-bond acceptors (Lipinski definition) is 2. The number of nitrogens with one attached hydrogen (secondary N) is 1. The molecule has 0 heterocycles. The van der Waals surface area contributed by atoms with Crippen molar-refractivity contribution in [3.63, 3.8) is 0 Å². The third-order valence-corrected chi connectivity index (χ3v) is 2.46. The molecule has 0 aromatic heterocycles. The minimum Gasteiger partial charge on any atom is -0.481 e. The lowest BCUT2D eigenvalue weighted by atomic mass is 9.93. The molecule has 0 spiro atoms. The summed E-state index contributed by atoms with van der Waals surface area (Å²) in [6.45, 7) is 8.29. The number of carbonyl (C=O) groups is 1. The van der Waals surface area contributed by atoms with E-state index >= 15 is 0 Å². The number of aliphatic carboxylic acids is 1. The van der Waals surface area contributed by atoms with E-state index in [1.165, 1.54) is 12.8 Å². The first-order valence-electron chi connectivity index (χ1n) is 5.37. The SMILES string of the molecule is CCCCC(C)NCC(C)(C)C(=O)O. The van der Waals surface area contributed by atoms with Gasteiger partial charge in [-0.3, -0.25) is 4.79 Å². The van der Waals surface area contributed by atoms with Crippen LogP contribution in [0.1, 0.15) is 47.0 Å². The summed E-state index contributed by atoms with van der Waals surface area (Å²) in [4.78, 5) is 10.8. The minimum atomic E-state index is -0.743. The molecule has 0 rings (SSSR count). The summed E-state index contributed by atoms with van der Waals surface area (Å²) in [6, 6.07) is 0.411. The Hall–Kier alpha value is -0.570. The Bertz CT molecular complexity index is 178. The van der Waals surface area contributed by atoms with Crippen molar-refractivity contribution in [1.82, 2.24) is 5.32 Å². The Balaban J connectivity index is 3.75. The maximum Gasteiger partial charge on any atom is 0.310 e. The minimum absolute atomic E-state index is 0.411. The number of hydrogen-bond donors (Lipinski definition) is 2. The van der Waals surface area contributed by atoms with E-state index in [1.807, 2.05) is 0 Å². The highest BCUT2D eigenvalue weighted by atomic mass is 16.4. The molecule has 0 fully saturated rings. The zero-order valence-corrected chi connectivity index (χ0v) is 9.76. The highest BCUT2D eigenvalue weighted by Crippen LogP contribution is 2.14. The van der Waals surface area contributed by atoms with Crippen molar-refractivity contribution in [2.75, 3.05) is 6.54 Å². The van der Waals surface area contributed by atoms with Gasteiger partial charge in [0.1, 0.15) is 0 Å². The number of carboxylic acid groups (broad SMARTS) is 1. The standard InChI is InChI=1S/C11H23NO2/c1-5-6-7-9(2)12-8-11(3,4)10(13)14/h9,12H,5-8H2,1-4H3,(H,13,14). The average molecular weight is 201 g/mol. The monoisotopic (exact) mass is 201 g/mol. The van der Waals surface area contributed by atoms with Crippen molar-refractivity contribution in [1.29, 1.82) is 0 Å². The van der Waals surface area contributed by atoms with Crippen molar-refractivity contribution in [3.05, 3.63) is 0 Å². The lowest BCUT2D eigenvalue weighted by molar-refractivity contribution is -0.146. The average Bonchev–Trinajstić information content (AvgIpc) is 2.11. The van der Waals surface area contributed by atoms with Gasteiger partial charge in [-0.15, -0.1) is 0 Å². The fraction of sp³-hybridized carbons (Fsp3) is 0.909. The van der Waals surface area contributed by atoms with Crippen LogP contribution < -0.4 is 5.32 Å². The van der Waals surface area contributed by atoms with Gasteiger partial charge in [-0.2, -0.15) is 0 Å². The predicted octanol–water partition coefficient (Wildman–Crippen LogP) is 2.27. The third-order valence-electron chi connectivity index (χ3n) is 2.46. The molecule has 3 heteroatoms. The molecule has 0 aromatic rings. The predicted molar refractivity (Wildman–Crippen MR) is 58.4 cm³/mol. The van der Waals surface area contributed by atoms with E-state index in [9.17, 15) is 4.79 Å². The fourth-order valence-electron chi connectivity index (χ4n) is 1.12. The van der Waals surface area contributed by atoms with E-state index in [-0.39, 0.29) is 0 Å². The maximum absolute atomic E-state index is 10.8. The van der Waals surface area contributed by atoms with E-state index in [2.05, 4.69) is 19.2 Å². The lowest BCUT2D eigenvalue weighted by Crippen LogP contribution is -2.39. The van der Waals surface area contributed by atoms with Crippen LogP contribution in [-0.4, -0.2) is 23.7 Å². The van der Waals surface area contributed by atoms with Crippen LogP contribution in [0.25, 0.3) is 0 Å². The molecule has 2 N–H and O–H groups in total. The summed E-state index contributed by atoms with van der Waals surface area (Å²) in [6.07, 6.45) is 3.50. The first kappa shape index (κ1) is 13.4. The fourth-order valence-corrected chi connectivity index (χ4v) is 1.12. The van der Waals surface area contributed by atoms with Crippen LogP contribution in [-0.2, 0) is 4.79 Å². The second-order valence-corrected chi connectivity index (χ2v) is 4.61. The van der Waals surface area contributed by atoms with Gasteiger partial charge in [0.25, 0.3) is 0 Å². The zero-order valence-electron chi connectivity index (χ0n) is 9.76. The normalized spacial score (nSPS) is 14.0. The summed E-state index contributed by atoms with van der Waals surface area (Å²) in [5, 5.41) is 12.1. The topological polar surface area (TPSA) is 49.3 Å². The van der Waals surface area contributed by atoms with Crippen molar-refractivity contribution in [2.24, 2.45) is 5.41 Å². The first-order chi connectivity index (χ1) is 6.40. The van der Waals surface area contributed by atoms with Gasteiger partial charge in [-0.1, -0.05) is 19.8 Å². The van der Waals surface area contributed by atoms with Gasteiger partial charge < -0.3 is 10.4 Å². The van der Waals surface area contributed by atoms with Gasteiger partial charge in [0.05, 0.1) is 5.41 Å². The second kappa shape index (κ2) is 6.02. The Kier molecular flexibility index (Phi) is 5.77. The highest BCUT2D eigenvalue weighted by Gasteiger charge is 2.26. The Morgan fingerprint density at radius 1 is 1.50 bits per heavy atom. The lowest BCUT2D eigenvalue weighted by Gasteiger charge is -2.22. The Morgan fingerprint density at radius 3 is 2.50 bits per heavy atom. The molecule has 1 atom stereocenters. The molecule has 1 unspecified atom stereocenters. The molecule has 0 aliphatic carbocycles. The van der Waals surface area contributed by atoms with Crippen LogP contribution in [0.2, 0.25) is 0 Å². The van der Waals surface area contributed by atoms with Crippen molar-refractivity contribution in [3.8, 4) is 0 Å². The van der Waals surface area contributed by atoms with Crippen LogP contribution in [0, 0.1) is 5.41 Å². The molecule has 14 heavy (non-hydrogen) atoms. The smallest absolute Gasteiger partial charge is 0.310 e. The number of unbranched alkanes of at least 4 members (excludes halogenated alkanes) is 1. The van der Waals surface area contributed by atoms with Crippen LogP contribution in [0.5, 0.6) is 0 Å². The molecule has 0 aliphatic rings. The molecule has 0 radical (unpaired) electrons. The molecule has 84 valence electrons. The quantitative estimate of drug-likeness (QED) is 0.664. The van der Waals surface area contributed by atoms with Gasteiger partial charge in [-0.05, 0) is 27.2 Å². The molecular weight excluding hydrogens is 178 g/mol. The third kappa shape index (κ3) is 5.22. The molecule has 0 saturated carbocycles. The molecule has 0 amide bonds. The molecule has 0 saturated heterocycles. The van der Waals surface area contributed by atoms with E-state index in [0.29, 0.717) is 12.6 Å². The van der Waals surface area contributed by atoms with E-state index in [1.54, 1.807) is 13.8 Å². The van der Waals surface area contributed by atoms with E-state index < -0.39 is 11.4 Å². The van der Waals surface area contributed by atoms with E-state index in [0.717, 1.165) is 6.42 Å². The second-order valence-electron chi connectivity index (χ2n) is 4.61. The van der Waals surface area contributed by atoms with Crippen LogP contribution in [0.15, 0.2) is 0 Å². The molecule has 0 aromatic carbocycles. The number of carboxylic acids is 1. The van der Waals surface area contributed by atoms with Gasteiger partial charge in [-0.25, -0.2) is 0 Å². The van der Waals surface area contributed by atoms with Gasteiger partial charge >= 0.3 is 5.97 Å². The number of rotatable bonds is 7. The molecular formula is C11H23NO2. The summed E-state index contributed by atoms with van der Waals surface area (Å²) in [5.74, 6) is -0.743. The summed E-state index contributed by atoms with van der Waals surface area (Å²) < 4.78 is 0. The van der Waals surface area contributed by atoms with Gasteiger partial charge in [0.2, 0.25) is 0 Å². The van der Waals surface area contributed by atoms with Gasteiger partial charge in [0, 0.05) is 12.6 Å². The largest absolute Gasteiger partial charge is 0.481 e. The van der Waals surface area contributed by atoms with Crippen LogP contribution >= 0.6 is 0 Å². The summed E-state index contributed by atoms with van der Waals surface area (Å²) >= 11 is 0. The summed E-state index contributed by atoms with van der Waals surface area (Å²) in [5.41, 5.74) is -0.666. The van der Waals surface area contributed by atoms with Crippen LogP contribution in [0.3, 0.4) is 0 Å². The molecule has 3 nitrogen and oxygen atoms in total. The first-order valence-corrected chi connectivity index (χ1v) is 5.37. The highest BCUT2D eigenvalue weighted by molar-refractivity contribution is 5.73. The molecule has 0 aliphatic heterocycles. The Morgan fingerprint density at radius 2 is 2.07 bits per heavy atom. The maximum atomic E-state index is 10.8. The van der Waals surface area contributed by atoms with Crippen molar-refractivity contribution in [2.45, 2.75) is 53.0 Å². The van der Waals surface area contributed by atoms with E-state index in [4.69, 9.17) is 5.11 Å². The molecule has 0 bridgehead atoms. The Labute approximate surface area is 86.9 Å². The summed E-state index contributed by atoms with van der Waals surface area (Å²) in [7, 11) is 0. The zero-order chi connectivity index (χ0) is 11.2. The van der Waals surface area contributed by atoms with Crippen molar-refractivity contribution >= 4 is 5.97 Å².